The number of piperazine rings is 1. The van der Waals surface area contributed by atoms with Gasteiger partial charge in [-0.1, -0.05) is 6.07 Å². The molecular weight excluding hydrogens is 214 g/mol. The van der Waals surface area contributed by atoms with Crippen molar-refractivity contribution in [3.8, 4) is 0 Å². The van der Waals surface area contributed by atoms with E-state index in [1.165, 1.54) is 0 Å². The van der Waals surface area contributed by atoms with E-state index in [4.69, 9.17) is 0 Å². The lowest BCUT2D eigenvalue weighted by Gasteiger charge is -2.30. The Bertz CT molecular complexity index is 533. The molecule has 5 nitrogen and oxygen atoms in total. The second-order valence-electron chi connectivity index (χ2n) is 4.65. The van der Waals surface area contributed by atoms with Gasteiger partial charge < -0.3 is 10.2 Å². The van der Waals surface area contributed by atoms with Crippen LogP contribution in [0.5, 0.6) is 0 Å². The first-order valence-corrected chi connectivity index (χ1v) is 6.05. The SMILES string of the molecule is Cc1cccc2nc(N3CCN[C@@H](C)C3)nn12. The van der Waals surface area contributed by atoms with Crippen LogP contribution in [0.15, 0.2) is 18.2 Å². The first kappa shape index (κ1) is 10.5. The van der Waals surface area contributed by atoms with Gasteiger partial charge in [0.05, 0.1) is 0 Å². The highest BCUT2D eigenvalue weighted by Crippen LogP contribution is 2.13. The Morgan fingerprint density at radius 1 is 1.41 bits per heavy atom. The van der Waals surface area contributed by atoms with Gasteiger partial charge in [-0.2, -0.15) is 4.98 Å². The topological polar surface area (TPSA) is 45.5 Å². The molecule has 2 aromatic heterocycles. The quantitative estimate of drug-likeness (QED) is 0.790. The van der Waals surface area contributed by atoms with Crippen molar-refractivity contribution in [1.82, 2.24) is 19.9 Å². The summed E-state index contributed by atoms with van der Waals surface area (Å²) >= 11 is 0. The lowest BCUT2D eigenvalue weighted by atomic mass is 10.2. The predicted octanol–water partition coefficient (Wildman–Crippen LogP) is 0.836. The highest BCUT2D eigenvalue weighted by atomic mass is 15.4. The van der Waals surface area contributed by atoms with Gasteiger partial charge >= 0.3 is 0 Å². The van der Waals surface area contributed by atoms with E-state index in [0.29, 0.717) is 6.04 Å². The van der Waals surface area contributed by atoms with E-state index < -0.39 is 0 Å². The monoisotopic (exact) mass is 231 g/mol. The highest BCUT2D eigenvalue weighted by Gasteiger charge is 2.19. The van der Waals surface area contributed by atoms with Crippen molar-refractivity contribution in [2.24, 2.45) is 0 Å². The van der Waals surface area contributed by atoms with E-state index in [1.54, 1.807) is 0 Å². The first-order chi connectivity index (χ1) is 8.24. The molecule has 0 spiro atoms. The molecular formula is C12H17N5. The predicted molar refractivity (Wildman–Crippen MR) is 67.4 cm³/mol. The molecule has 1 atom stereocenters. The van der Waals surface area contributed by atoms with Gasteiger partial charge in [-0.05, 0) is 26.0 Å². The number of anilines is 1. The number of rotatable bonds is 1. The Hall–Kier alpha value is -1.62. The fourth-order valence-corrected chi connectivity index (χ4v) is 2.27. The number of fused-ring (bicyclic) bond motifs is 1. The van der Waals surface area contributed by atoms with Gasteiger partial charge in [-0.15, -0.1) is 5.10 Å². The van der Waals surface area contributed by atoms with E-state index >= 15 is 0 Å². The summed E-state index contributed by atoms with van der Waals surface area (Å²) in [6, 6.07) is 6.56. The lowest BCUT2D eigenvalue weighted by molar-refractivity contribution is 0.479. The van der Waals surface area contributed by atoms with Gasteiger partial charge in [0.25, 0.3) is 0 Å². The minimum absolute atomic E-state index is 0.497. The maximum absolute atomic E-state index is 4.58. The molecule has 0 aliphatic carbocycles. The summed E-state index contributed by atoms with van der Waals surface area (Å²) in [5.74, 6) is 0.840. The summed E-state index contributed by atoms with van der Waals surface area (Å²) in [7, 11) is 0. The van der Waals surface area contributed by atoms with Gasteiger partial charge in [-0.25, -0.2) is 4.52 Å². The second kappa shape index (κ2) is 4.00. The van der Waals surface area contributed by atoms with E-state index in [9.17, 15) is 0 Å². The van der Waals surface area contributed by atoms with E-state index in [2.05, 4.69) is 27.2 Å². The van der Waals surface area contributed by atoms with Crippen molar-refractivity contribution < 1.29 is 0 Å². The molecule has 17 heavy (non-hydrogen) atoms. The van der Waals surface area contributed by atoms with Crippen LogP contribution in [-0.4, -0.2) is 40.3 Å². The van der Waals surface area contributed by atoms with Crippen molar-refractivity contribution in [2.75, 3.05) is 24.5 Å². The lowest BCUT2D eigenvalue weighted by Crippen LogP contribution is -2.49. The van der Waals surface area contributed by atoms with Gasteiger partial charge in [0.2, 0.25) is 5.95 Å². The van der Waals surface area contributed by atoms with Crippen LogP contribution in [0.3, 0.4) is 0 Å². The Morgan fingerprint density at radius 3 is 3.06 bits per heavy atom. The molecule has 0 radical (unpaired) electrons. The normalized spacial score (nSPS) is 21.1. The Kier molecular flexibility index (Phi) is 2.48. The summed E-state index contributed by atoms with van der Waals surface area (Å²) in [6.07, 6.45) is 0. The molecule has 1 aliphatic heterocycles. The Labute approximate surface area is 100 Å². The third-order valence-electron chi connectivity index (χ3n) is 3.19. The molecule has 90 valence electrons. The molecule has 3 heterocycles. The fourth-order valence-electron chi connectivity index (χ4n) is 2.27. The maximum atomic E-state index is 4.58. The van der Waals surface area contributed by atoms with Crippen LogP contribution in [0.25, 0.3) is 5.65 Å². The summed E-state index contributed by atoms with van der Waals surface area (Å²) < 4.78 is 1.90. The number of nitrogens with zero attached hydrogens (tertiary/aromatic N) is 4. The zero-order valence-corrected chi connectivity index (χ0v) is 10.2. The number of pyridine rings is 1. The largest absolute Gasteiger partial charge is 0.337 e. The van der Waals surface area contributed by atoms with Crippen LogP contribution >= 0.6 is 0 Å². The second-order valence-corrected chi connectivity index (χ2v) is 4.65. The molecule has 1 aliphatic rings. The smallest absolute Gasteiger partial charge is 0.245 e. The van der Waals surface area contributed by atoms with E-state index in [0.717, 1.165) is 36.9 Å². The van der Waals surface area contributed by atoms with Crippen LogP contribution < -0.4 is 10.2 Å². The third-order valence-corrected chi connectivity index (χ3v) is 3.19. The minimum Gasteiger partial charge on any atom is -0.337 e. The Balaban J connectivity index is 1.97. The standard InChI is InChI=1S/C12H17N5/c1-9-8-16(7-6-13-9)12-14-11-5-3-4-10(2)17(11)15-12/h3-5,9,13H,6-8H2,1-2H3/t9-/m0/s1. The summed E-state index contributed by atoms with van der Waals surface area (Å²) in [4.78, 5) is 6.83. The van der Waals surface area contributed by atoms with Gasteiger partial charge in [0, 0.05) is 31.4 Å². The number of hydrogen-bond acceptors (Lipinski definition) is 4. The summed E-state index contributed by atoms with van der Waals surface area (Å²) in [6.45, 7) is 7.17. The van der Waals surface area contributed by atoms with Crippen LogP contribution in [0, 0.1) is 6.92 Å². The number of hydrogen-bond donors (Lipinski definition) is 1. The Morgan fingerprint density at radius 2 is 2.29 bits per heavy atom. The average Bonchev–Trinajstić information content (AvgIpc) is 2.74. The summed E-state index contributed by atoms with van der Waals surface area (Å²) in [5, 5.41) is 8.00. The number of aromatic nitrogens is 3. The molecule has 0 bridgehead atoms. The highest BCUT2D eigenvalue weighted by molar-refractivity contribution is 5.46. The third kappa shape index (κ3) is 1.86. The number of aryl methyl sites for hydroxylation is 1. The molecule has 0 aromatic carbocycles. The van der Waals surface area contributed by atoms with E-state index in [-0.39, 0.29) is 0 Å². The minimum atomic E-state index is 0.497. The van der Waals surface area contributed by atoms with Crippen molar-refractivity contribution in [1.29, 1.82) is 0 Å². The molecule has 0 amide bonds. The van der Waals surface area contributed by atoms with E-state index in [1.807, 2.05) is 29.6 Å². The van der Waals surface area contributed by atoms with Crippen LogP contribution in [0.4, 0.5) is 5.95 Å². The van der Waals surface area contributed by atoms with Gasteiger partial charge in [-0.3, -0.25) is 0 Å². The fraction of sp³-hybridized carbons (Fsp3) is 0.500. The average molecular weight is 231 g/mol. The maximum Gasteiger partial charge on any atom is 0.245 e. The van der Waals surface area contributed by atoms with Crippen LogP contribution in [-0.2, 0) is 0 Å². The molecule has 0 unspecified atom stereocenters. The summed E-state index contributed by atoms with van der Waals surface area (Å²) in [5.41, 5.74) is 2.04. The molecule has 1 saturated heterocycles. The molecule has 0 saturated carbocycles. The zero-order chi connectivity index (χ0) is 11.8. The zero-order valence-electron chi connectivity index (χ0n) is 10.2. The van der Waals surface area contributed by atoms with Crippen molar-refractivity contribution >= 4 is 11.6 Å². The van der Waals surface area contributed by atoms with Gasteiger partial charge in [0.15, 0.2) is 5.65 Å². The van der Waals surface area contributed by atoms with Crippen molar-refractivity contribution in [3.63, 3.8) is 0 Å². The first-order valence-electron chi connectivity index (χ1n) is 6.05. The van der Waals surface area contributed by atoms with Gasteiger partial charge in [0.1, 0.15) is 0 Å². The van der Waals surface area contributed by atoms with Crippen molar-refractivity contribution in [3.05, 3.63) is 23.9 Å². The molecule has 2 aromatic rings. The van der Waals surface area contributed by atoms with Crippen LogP contribution in [0.2, 0.25) is 0 Å². The van der Waals surface area contributed by atoms with Crippen LogP contribution in [0.1, 0.15) is 12.6 Å². The number of nitrogens with one attached hydrogen (secondary N) is 1. The van der Waals surface area contributed by atoms with Crippen molar-refractivity contribution in [2.45, 2.75) is 19.9 Å². The molecule has 3 rings (SSSR count). The molecule has 5 heteroatoms. The molecule has 1 N–H and O–H groups in total. The molecule has 1 fully saturated rings.